The first-order valence-corrected chi connectivity index (χ1v) is 6.66. The van der Waals surface area contributed by atoms with Crippen LogP contribution in [0.5, 0.6) is 0 Å². The molecule has 110 valence electrons. The summed E-state index contributed by atoms with van der Waals surface area (Å²) < 4.78 is 5.21. The first-order valence-electron chi connectivity index (χ1n) is 6.66. The Kier molecular flexibility index (Phi) is 5.60. The van der Waals surface area contributed by atoms with Crippen LogP contribution in [0, 0.1) is 5.92 Å². The van der Waals surface area contributed by atoms with E-state index in [1.54, 1.807) is 7.11 Å². The quantitative estimate of drug-likeness (QED) is 0.705. The lowest BCUT2D eigenvalue weighted by Crippen LogP contribution is -2.48. The monoisotopic (exact) mass is 272 g/mol. The molecule has 6 nitrogen and oxygen atoms in total. The van der Waals surface area contributed by atoms with E-state index in [9.17, 15) is 9.59 Å². The maximum Gasteiger partial charge on any atom is 0.315 e. The highest BCUT2D eigenvalue weighted by molar-refractivity contribution is 5.74. The number of carbonyl (C=O) groups excluding carboxylic acids is 1. The van der Waals surface area contributed by atoms with Crippen LogP contribution in [0.25, 0.3) is 0 Å². The van der Waals surface area contributed by atoms with Gasteiger partial charge < -0.3 is 20.5 Å². The van der Waals surface area contributed by atoms with Crippen LogP contribution in [0.2, 0.25) is 0 Å². The molecule has 6 heteroatoms. The van der Waals surface area contributed by atoms with E-state index in [4.69, 9.17) is 9.84 Å². The Hall–Kier alpha value is -1.30. The summed E-state index contributed by atoms with van der Waals surface area (Å²) in [5, 5.41) is 14.5. The van der Waals surface area contributed by atoms with Gasteiger partial charge in [0.2, 0.25) is 0 Å². The van der Waals surface area contributed by atoms with Crippen molar-refractivity contribution < 1.29 is 19.4 Å². The molecule has 1 saturated carbocycles. The zero-order valence-corrected chi connectivity index (χ0v) is 11.9. The number of carboxylic acids is 1. The molecule has 0 unspecified atom stereocenters. The third-order valence-corrected chi connectivity index (χ3v) is 3.64. The number of methoxy groups -OCH3 is 1. The Morgan fingerprint density at radius 1 is 1.26 bits per heavy atom. The van der Waals surface area contributed by atoms with E-state index in [1.807, 2.05) is 13.8 Å². The number of aliphatic carboxylic acids is 1. The van der Waals surface area contributed by atoms with Crippen LogP contribution in [0.1, 0.15) is 39.5 Å². The first-order chi connectivity index (χ1) is 8.84. The normalized spacial score (nSPS) is 23.7. The van der Waals surface area contributed by atoms with E-state index in [1.165, 1.54) is 0 Å². The molecule has 1 rings (SSSR count). The van der Waals surface area contributed by atoms with Crippen molar-refractivity contribution in [1.29, 1.82) is 0 Å². The van der Waals surface area contributed by atoms with Crippen molar-refractivity contribution >= 4 is 12.0 Å². The van der Waals surface area contributed by atoms with Crippen molar-refractivity contribution in [3.05, 3.63) is 0 Å². The van der Waals surface area contributed by atoms with Crippen LogP contribution in [0.3, 0.4) is 0 Å². The second kappa shape index (κ2) is 6.75. The molecule has 0 aromatic carbocycles. The van der Waals surface area contributed by atoms with E-state index in [0.717, 1.165) is 12.8 Å². The zero-order valence-electron chi connectivity index (χ0n) is 11.9. The molecule has 1 aliphatic rings. The minimum absolute atomic E-state index is 0.0706. The van der Waals surface area contributed by atoms with Gasteiger partial charge in [-0.05, 0) is 39.5 Å². The molecule has 19 heavy (non-hydrogen) atoms. The molecule has 0 aromatic rings. The summed E-state index contributed by atoms with van der Waals surface area (Å²) in [5.41, 5.74) is -0.391. The van der Waals surface area contributed by atoms with E-state index in [0.29, 0.717) is 19.4 Å². The van der Waals surface area contributed by atoms with E-state index in [2.05, 4.69) is 10.6 Å². The Morgan fingerprint density at radius 3 is 2.32 bits per heavy atom. The third-order valence-electron chi connectivity index (χ3n) is 3.64. The molecule has 0 saturated heterocycles. The lowest BCUT2D eigenvalue weighted by molar-refractivity contribution is -0.142. The Labute approximate surface area is 113 Å². The number of carbonyl (C=O) groups is 2. The summed E-state index contributed by atoms with van der Waals surface area (Å²) in [4.78, 5) is 22.5. The zero-order chi connectivity index (χ0) is 14.5. The lowest BCUT2D eigenvalue weighted by Gasteiger charge is -2.28. The van der Waals surface area contributed by atoms with Crippen LogP contribution in [-0.4, -0.2) is 42.4 Å². The Balaban J connectivity index is 2.25. The van der Waals surface area contributed by atoms with Crippen LogP contribution >= 0.6 is 0 Å². The SMILES string of the molecule is COC(C)(C)CNC(=O)NC1CCC(C(=O)O)CC1. The van der Waals surface area contributed by atoms with Gasteiger partial charge in [-0.3, -0.25) is 4.79 Å². The van der Waals surface area contributed by atoms with E-state index < -0.39 is 11.6 Å². The second-order valence-electron chi connectivity index (χ2n) is 5.68. The number of rotatable bonds is 5. The highest BCUT2D eigenvalue weighted by Gasteiger charge is 2.27. The highest BCUT2D eigenvalue weighted by Crippen LogP contribution is 2.24. The van der Waals surface area contributed by atoms with Gasteiger partial charge in [0, 0.05) is 19.7 Å². The van der Waals surface area contributed by atoms with Crippen LogP contribution in [0.15, 0.2) is 0 Å². The second-order valence-corrected chi connectivity index (χ2v) is 5.68. The first kappa shape index (κ1) is 15.8. The summed E-state index contributed by atoms with van der Waals surface area (Å²) >= 11 is 0. The predicted molar refractivity (Wildman–Crippen MR) is 71.0 cm³/mol. The predicted octanol–water partition coefficient (Wildman–Crippen LogP) is 1.35. The van der Waals surface area contributed by atoms with Crippen LogP contribution in [0.4, 0.5) is 4.79 Å². The molecule has 3 N–H and O–H groups in total. The number of hydrogen-bond acceptors (Lipinski definition) is 3. The number of hydrogen-bond donors (Lipinski definition) is 3. The van der Waals surface area contributed by atoms with E-state index in [-0.39, 0.29) is 18.0 Å². The molecule has 2 amide bonds. The third kappa shape index (κ3) is 5.46. The van der Waals surface area contributed by atoms with Crippen molar-refractivity contribution in [3.8, 4) is 0 Å². The molecule has 0 atom stereocenters. The van der Waals surface area contributed by atoms with Gasteiger partial charge in [-0.2, -0.15) is 0 Å². The molecule has 0 bridgehead atoms. The Morgan fingerprint density at radius 2 is 1.84 bits per heavy atom. The average molecular weight is 272 g/mol. The topological polar surface area (TPSA) is 87.7 Å². The van der Waals surface area contributed by atoms with Gasteiger partial charge in [-0.1, -0.05) is 0 Å². The van der Waals surface area contributed by atoms with Crippen molar-refractivity contribution in [3.63, 3.8) is 0 Å². The summed E-state index contributed by atoms with van der Waals surface area (Å²) in [7, 11) is 1.60. The fourth-order valence-corrected chi connectivity index (χ4v) is 2.09. The maximum atomic E-state index is 11.7. The molecule has 0 heterocycles. The fraction of sp³-hybridized carbons (Fsp3) is 0.846. The number of carboxylic acid groups (broad SMARTS) is 1. The molecule has 0 aliphatic heterocycles. The molecule has 1 fully saturated rings. The van der Waals surface area contributed by atoms with Gasteiger partial charge in [0.1, 0.15) is 0 Å². The highest BCUT2D eigenvalue weighted by atomic mass is 16.5. The minimum Gasteiger partial charge on any atom is -0.481 e. The van der Waals surface area contributed by atoms with Crippen molar-refractivity contribution in [2.45, 2.75) is 51.2 Å². The van der Waals surface area contributed by atoms with Gasteiger partial charge in [0.25, 0.3) is 0 Å². The Bertz CT molecular complexity index is 323. The molecule has 0 radical (unpaired) electrons. The number of nitrogens with one attached hydrogen (secondary N) is 2. The van der Waals surface area contributed by atoms with Gasteiger partial charge in [-0.15, -0.1) is 0 Å². The van der Waals surface area contributed by atoms with Gasteiger partial charge in [0.05, 0.1) is 11.5 Å². The lowest BCUT2D eigenvalue weighted by atomic mass is 9.86. The molecule has 0 spiro atoms. The molecular weight excluding hydrogens is 248 g/mol. The van der Waals surface area contributed by atoms with Crippen LogP contribution in [-0.2, 0) is 9.53 Å². The molecule has 1 aliphatic carbocycles. The average Bonchev–Trinajstić information content (AvgIpc) is 2.37. The minimum atomic E-state index is -0.732. The smallest absolute Gasteiger partial charge is 0.315 e. The number of ether oxygens (including phenoxy) is 1. The largest absolute Gasteiger partial charge is 0.481 e. The summed E-state index contributed by atoms with van der Waals surface area (Å²) in [6.45, 7) is 4.22. The maximum absolute atomic E-state index is 11.7. The molecular formula is C13H24N2O4. The number of urea groups is 1. The van der Waals surface area contributed by atoms with E-state index >= 15 is 0 Å². The van der Waals surface area contributed by atoms with Gasteiger partial charge in [-0.25, -0.2) is 4.79 Å². The van der Waals surface area contributed by atoms with Gasteiger partial charge in [0.15, 0.2) is 0 Å². The number of amides is 2. The van der Waals surface area contributed by atoms with Crippen molar-refractivity contribution in [1.82, 2.24) is 10.6 Å². The fourth-order valence-electron chi connectivity index (χ4n) is 2.09. The standard InChI is InChI=1S/C13H24N2O4/c1-13(2,19-3)8-14-12(18)15-10-6-4-9(5-7-10)11(16)17/h9-10H,4-8H2,1-3H3,(H,16,17)(H2,14,15,18). The summed E-state index contributed by atoms with van der Waals surface area (Å²) in [6, 6.07) is -0.148. The van der Waals surface area contributed by atoms with Crippen molar-refractivity contribution in [2.75, 3.05) is 13.7 Å². The summed E-state index contributed by atoms with van der Waals surface area (Å²) in [5.74, 6) is -0.988. The van der Waals surface area contributed by atoms with Crippen molar-refractivity contribution in [2.24, 2.45) is 5.92 Å². The van der Waals surface area contributed by atoms with Crippen LogP contribution < -0.4 is 10.6 Å². The van der Waals surface area contributed by atoms with Gasteiger partial charge >= 0.3 is 12.0 Å². The molecule has 0 aromatic heterocycles. The summed E-state index contributed by atoms with van der Waals surface area (Å²) in [6.07, 6.45) is 2.70.